The number of carbonyl (C=O) groups excluding carboxylic acids is 1. The van der Waals surface area contributed by atoms with E-state index in [4.69, 9.17) is 0 Å². The minimum Gasteiger partial charge on any atom is -0.465 e. The quantitative estimate of drug-likeness (QED) is 0.561. The third-order valence-corrected chi connectivity index (χ3v) is 3.70. The smallest absolute Gasteiger partial charge is 0.337 e. The van der Waals surface area contributed by atoms with Crippen LogP contribution >= 0.6 is 0 Å². The zero-order valence-corrected chi connectivity index (χ0v) is 13.7. The van der Waals surface area contributed by atoms with E-state index in [0.717, 1.165) is 19.6 Å². The summed E-state index contributed by atoms with van der Waals surface area (Å²) in [5.41, 5.74) is 1.78. The van der Waals surface area contributed by atoms with E-state index in [2.05, 4.69) is 35.8 Å². The van der Waals surface area contributed by atoms with Gasteiger partial charge in [-0.3, -0.25) is 0 Å². The van der Waals surface area contributed by atoms with Gasteiger partial charge < -0.3 is 15.0 Å². The summed E-state index contributed by atoms with van der Waals surface area (Å²) >= 11 is 0. The number of unbranched alkanes of at least 4 members (excludes halogenated alkanes) is 1. The Kier molecular flexibility index (Phi) is 8.01. The molecule has 4 nitrogen and oxygen atoms in total. The summed E-state index contributed by atoms with van der Waals surface area (Å²) in [5, 5.41) is 3.43. The molecule has 118 valence electrons. The molecule has 1 N–H and O–H groups in total. The second kappa shape index (κ2) is 9.53. The van der Waals surface area contributed by atoms with E-state index in [1.54, 1.807) is 12.1 Å². The second-order valence-electron chi connectivity index (χ2n) is 5.65. The molecule has 1 aromatic carbocycles. The molecule has 1 aromatic rings. The van der Waals surface area contributed by atoms with Crippen LogP contribution in [-0.2, 0) is 11.3 Å². The van der Waals surface area contributed by atoms with Gasteiger partial charge in [0.15, 0.2) is 0 Å². The lowest BCUT2D eigenvalue weighted by Crippen LogP contribution is -2.27. The van der Waals surface area contributed by atoms with Gasteiger partial charge in [-0.2, -0.15) is 0 Å². The van der Waals surface area contributed by atoms with Gasteiger partial charge in [-0.15, -0.1) is 0 Å². The second-order valence-corrected chi connectivity index (χ2v) is 5.65. The fraction of sp³-hybridized carbons (Fsp3) is 0.588. The Balaban J connectivity index is 2.17. The Bertz CT molecular complexity index is 415. The first kappa shape index (κ1) is 17.7. The number of rotatable bonds is 9. The molecule has 0 fully saturated rings. The van der Waals surface area contributed by atoms with Crippen molar-refractivity contribution in [3.05, 3.63) is 35.4 Å². The molecule has 0 heterocycles. The van der Waals surface area contributed by atoms with Crippen LogP contribution in [0.2, 0.25) is 0 Å². The van der Waals surface area contributed by atoms with Gasteiger partial charge in [-0.25, -0.2) is 4.79 Å². The standard InChI is InChI=1S/C17H28N2O2/c1-14(2)19(3)12-6-5-11-18-13-15-7-9-16(10-8-15)17(20)21-4/h7-10,14,18H,5-6,11-13H2,1-4H3. The van der Waals surface area contributed by atoms with Crippen molar-refractivity contribution in [2.24, 2.45) is 0 Å². The molecule has 4 heteroatoms. The Morgan fingerprint density at radius 1 is 1.24 bits per heavy atom. The molecule has 0 amide bonds. The van der Waals surface area contributed by atoms with Crippen LogP contribution in [0.25, 0.3) is 0 Å². The van der Waals surface area contributed by atoms with E-state index in [-0.39, 0.29) is 5.97 Å². The summed E-state index contributed by atoms with van der Waals surface area (Å²) in [7, 11) is 3.56. The van der Waals surface area contributed by atoms with E-state index in [0.29, 0.717) is 11.6 Å². The third kappa shape index (κ3) is 6.74. The Labute approximate surface area is 128 Å². The van der Waals surface area contributed by atoms with Crippen molar-refractivity contribution in [1.29, 1.82) is 0 Å². The number of hydrogen-bond donors (Lipinski definition) is 1. The third-order valence-electron chi connectivity index (χ3n) is 3.70. The fourth-order valence-corrected chi connectivity index (χ4v) is 1.98. The summed E-state index contributed by atoms with van der Waals surface area (Å²) in [4.78, 5) is 13.7. The van der Waals surface area contributed by atoms with Crippen molar-refractivity contribution >= 4 is 5.97 Å². The molecular formula is C17H28N2O2. The monoisotopic (exact) mass is 292 g/mol. The van der Waals surface area contributed by atoms with Crippen LogP contribution in [0.1, 0.15) is 42.6 Å². The molecule has 21 heavy (non-hydrogen) atoms. The summed E-state index contributed by atoms with van der Waals surface area (Å²) < 4.78 is 4.68. The molecule has 0 saturated carbocycles. The summed E-state index contributed by atoms with van der Waals surface area (Å²) in [5.74, 6) is -0.288. The number of esters is 1. The summed E-state index contributed by atoms with van der Waals surface area (Å²) in [6.07, 6.45) is 2.39. The van der Waals surface area contributed by atoms with Crippen LogP contribution in [0, 0.1) is 0 Å². The van der Waals surface area contributed by atoms with Gasteiger partial charge in [0.2, 0.25) is 0 Å². The van der Waals surface area contributed by atoms with Crippen molar-refractivity contribution in [1.82, 2.24) is 10.2 Å². The van der Waals surface area contributed by atoms with Crippen molar-refractivity contribution in [3.63, 3.8) is 0 Å². The van der Waals surface area contributed by atoms with Gasteiger partial charge >= 0.3 is 5.97 Å². The first-order chi connectivity index (χ1) is 10.0. The Morgan fingerprint density at radius 2 is 1.90 bits per heavy atom. The van der Waals surface area contributed by atoms with Gasteiger partial charge in [0.05, 0.1) is 12.7 Å². The van der Waals surface area contributed by atoms with Crippen molar-refractivity contribution in [3.8, 4) is 0 Å². The van der Waals surface area contributed by atoms with Crippen LogP contribution in [-0.4, -0.2) is 44.2 Å². The number of nitrogens with one attached hydrogen (secondary N) is 1. The first-order valence-electron chi connectivity index (χ1n) is 7.62. The van der Waals surface area contributed by atoms with E-state index < -0.39 is 0 Å². The van der Waals surface area contributed by atoms with Crippen LogP contribution in [0.4, 0.5) is 0 Å². The van der Waals surface area contributed by atoms with Crippen LogP contribution in [0.3, 0.4) is 0 Å². The lowest BCUT2D eigenvalue weighted by atomic mass is 10.1. The zero-order valence-electron chi connectivity index (χ0n) is 13.7. The minimum atomic E-state index is -0.288. The molecule has 0 spiro atoms. The molecule has 0 atom stereocenters. The highest BCUT2D eigenvalue weighted by Crippen LogP contribution is 2.05. The Hall–Kier alpha value is -1.39. The van der Waals surface area contributed by atoms with Gasteiger partial charge in [-0.1, -0.05) is 12.1 Å². The molecule has 0 aromatic heterocycles. The Morgan fingerprint density at radius 3 is 2.48 bits per heavy atom. The van der Waals surface area contributed by atoms with Crippen molar-refractivity contribution < 1.29 is 9.53 Å². The highest BCUT2D eigenvalue weighted by molar-refractivity contribution is 5.89. The van der Waals surface area contributed by atoms with Crippen LogP contribution in [0.5, 0.6) is 0 Å². The molecule has 1 rings (SSSR count). The van der Waals surface area contributed by atoms with Crippen molar-refractivity contribution in [2.75, 3.05) is 27.2 Å². The number of benzene rings is 1. The maximum Gasteiger partial charge on any atom is 0.337 e. The molecule has 0 bridgehead atoms. The number of methoxy groups -OCH3 is 1. The summed E-state index contributed by atoms with van der Waals surface area (Å²) in [6.45, 7) is 7.44. The van der Waals surface area contributed by atoms with Gasteiger partial charge in [0.25, 0.3) is 0 Å². The highest BCUT2D eigenvalue weighted by atomic mass is 16.5. The van der Waals surface area contributed by atoms with E-state index >= 15 is 0 Å². The predicted molar refractivity (Wildman–Crippen MR) is 86.5 cm³/mol. The highest BCUT2D eigenvalue weighted by Gasteiger charge is 2.04. The molecule has 0 saturated heterocycles. The maximum atomic E-state index is 11.3. The average molecular weight is 292 g/mol. The normalized spacial score (nSPS) is 11.1. The first-order valence-corrected chi connectivity index (χ1v) is 7.62. The SMILES string of the molecule is COC(=O)c1ccc(CNCCCCN(C)C(C)C)cc1. The lowest BCUT2D eigenvalue weighted by Gasteiger charge is -2.20. The van der Waals surface area contributed by atoms with E-state index in [9.17, 15) is 4.79 Å². The average Bonchev–Trinajstić information content (AvgIpc) is 2.50. The molecule has 0 aliphatic carbocycles. The molecular weight excluding hydrogens is 264 g/mol. The van der Waals surface area contributed by atoms with Crippen LogP contribution < -0.4 is 5.32 Å². The fourth-order valence-electron chi connectivity index (χ4n) is 1.98. The zero-order chi connectivity index (χ0) is 15.7. The molecule has 0 unspecified atom stereocenters. The molecule has 0 aliphatic rings. The lowest BCUT2D eigenvalue weighted by molar-refractivity contribution is 0.0600. The van der Waals surface area contributed by atoms with E-state index in [1.165, 1.54) is 25.5 Å². The predicted octanol–water partition coefficient (Wildman–Crippen LogP) is 2.68. The van der Waals surface area contributed by atoms with Crippen molar-refractivity contribution in [2.45, 2.75) is 39.3 Å². The molecule has 0 aliphatic heterocycles. The largest absolute Gasteiger partial charge is 0.465 e. The number of hydrogen-bond acceptors (Lipinski definition) is 4. The maximum absolute atomic E-state index is 11.3. The van der Waals surface area contributed by atoms with E-state index in [1.807, 2.05) is 12.1 Å². The van der Waals surface area contributed by atoms with Crippen LogP contribution in [0.15, 0.2) is 24.3 Å². The van der Waals surface area contributed by atoms with Gasteiger partial charge in [-0.05, 0) is 64.5 Å². The number of ether oxygens (including phenoxy) is 1. The summed E-state index contributed by atoms with van der Waals surface area (Å²) in [6, 6.07) is 8.16. The van der Waals surface area contributed by atoms with Gasteiger partial charge in [0, 0.05) is 12.6 Å². The number of nitrogens with zero attached hydrogens (tertiary/aromatic N) is 1. The van der Waals surface area contributed by atoms with Gasteiger partial charge in [0.1, 0.15) is 0 Å². The molecule has 0 radical (unpaired) electrons. The number of carbonyl (C=O) groups is 1. The minimum absolute atomic E-state index is 0.288. The topological polar surface area (TPSA) is 41.6 Å².